The van der Waals surface area contributed by atoms with Crippen LogP contribution in [-0.2, 0) is 16.7 Å². The van der Waals surface area contributed by atoms with Crippen molar-refractivity contribution in [2.45, 2.75) is 58.6 Å². The molecule has 10 heteroatoms. The third kappa shape index (κ3) is 5.77. The molecule has 3 heterocycles. The predicted octanol–water partition coefficient (Wildman–Crippen LogP) is 3.79. The van der Waals surface area contributed by atoms with Crippen molar-refractivity contribution in [2.75, 3.05) is 52.4 Å². The van der Waals surface area contributed by atoms with Crippen LogP contribution in [0.3, 0.4) is 0 Å². The number of carbonyl (C=O) groups excluding carboxylic acids is 2. The Balaban J connectivity index is 1.64. The van der Waals surface area contributed by atoms with E-state index < -0.39 is 0 Å². The molecule has 0 radical (unpaired) electrons. The molecule has 2 aliphatic rings. The van der Waals surface area contributed by atoms with Crippen LogP contribution in [0, 0.1) is 5.41 Å². The van der Waals surface area contributed by atoms with E-state index in [1.165, 1.54) is 7.05 Å². The molecule has 0 spiro atoms. The van der Waals surface area contributed by atoms with Gasteiger partial charge in [0, 0.05) is 50.5 Å². The topological polar surface area (TPSA) is 117 Å². The van der Waals surface area contributed by atoms with Crippen LogP contribution < -0.4 is 19.7 Å². The van der Waals surface area contributed by atoms with E-state index in [0.29, 0.717) is 30.2 Å². The number of ether oxygens (including phenoxy) is 3. The number of anilines is 1. The van der Waals surface area contributed by atoms with Gasteiger partial charge in [0.05, 0.1) is 32.1 Å². The van der Waals surface area contributed by atoms with Crippen molar-refractivity contribution in [1.29, 1.82) is 5.41 Å². The number of nitrogens with zero attached hydrogens (tertiary/aromatic N) is 3. The number of nitrogens with one attached hydrogen (secondary N) is 2. The maximum Gasteiger partial charge on any atom is 0.273 e. The van der Waals surface area contributed by atoms with Gasteiger partial charge < -0.3 is 29.3 Å². The Morgan fingerprint density at radius 3 is 2.42 bits per heavy atom. The van der Waals surface area contributed by atoms with E-state index in [1.807, 2.05) is 19.1 Å². The summed E-state index contributed by atoms with van der Waals surface area (Å²) in [5.74, 6) is 0.783. The Morgan fingerprint density at radius 2 is 1.85 bits per heavy atom. The Hall–Kier alpha value is -3.66. The molecule has 1 fully saturated rings. The van der Waals surface area contributed by atoms with Crippen LogP contribution in [0.15, 0.2) is 18.2 Å². The van der Waals surface area contributed by atoms with Crippen molar-refractivity contribution in [2.24, 2.45) is 0 Å². The van der Waals surface area contributed by atoms with Crippen LogP contribution in [0.25, 0.3) is 0 Å². The molecule has 0 aliphatic carbocycles. The minimum Gasteiger partial charge on any atom is -0.494 e. The predicted molar refractivity (Wildman–Crippen MR) is 154 cm³/mol. The number of amides is 1. The summed E-state index contributed by atoms with van der Waals surface area (Å²) in [4.78, 5) is 34.6. The number of pyridine rings is 1. The van der Waals surface area contributed by atoms with E-state index >= 15 is 0 Å². The van der Waals surface area contributed by atoms with E-state index in [2.05, 4.69) is 36.0 Å². The number of aromatic nitrogens is 1. The number of piperidine rings is 1. The monoisotopic (exact) mass is 551 g/mol. The average Bonchev–Trinajstić information content (AvgIpc) is 3.24. The van der Waals surface area contributed by atoms with E-state index in [4.69, 9.17) is 19.6 Å². The quantitative estimate of drug-likeness (QED) is 0.452. The SMILES string of the molecule is CCOc1cc2c(nc1C(=O)NC)C(=N)N(CC(=O)c1cc(N3CCC(OC)CC3)c(OC)c(C(C)(C)C)c1)C2. The summed E-state index contributed by atoms with van der Waals surface area (Å²) in [6.45, 7) is 10.5. The maximum absolute atomic E-state index is 13.8. The molecular weight excluding hydrogens is 510 g/mol. The van der Waals surface area contributed by atoms with Crippen molar-refractivity contribution >= 4 is 23.2 Å². The molecule has 1 amide bonds. The van der Waals surface area contributed by atoms with Crippen LogP contribution in [0.1, 0.15) is 78.2 Å². The number of rotatable bonds is 9. The Bertz CT molecular complexity index is 1290. The summed E-state index contributed by atoms with van der Waals surface area (Å²) in [5, 5.41) is 11.3. The fraction of sp³-hybridized carbons (Fsp3) is 0.533. The van der Waals surface area contributed by atoms with Crippen molar-refractivity contribution in [3.63, 3.8) is 0 Å². The van der Waals surface area contributed by atoms with Crippen LogP contribution >= 0.6 is 0 Å². The minimum atomic E-state index is -0.386. The fourth-order valence-corrected chi connectivity index (χ4v) is 5.35. The molecule has 1 aromatic heterocycles. The number of benzene rings is 1. The second-order valence-electron chi connectivity index (χ2n) is 11.2. The van der Waals surface area contributed by atoms with Gasteiger partial charge in [-0.05, 0) is 43.4 Å². The van der Waals surface area contributed by atoms with Crippen LogP contribution in [0.2, 0.25) is 0 Å². The zero-order chi connectivity index (χ0) is 29.2. The minimum absolute atomic E-state index is 0.00949. The second kappa shape index (κ2) is 11.8. The van der Waals surface area contributed by atoms with Crippen LogP contribution in [0.4, 0.5) is 5.69 Å². The molecule has 1 aromatic carbocycles. The van der Waals surface area contributed by atoms with Gasteiger partial charge in [-0.1, -0.05) is 20.8 Å². The van der Waals surface area contributed by atoms with Gasteiger partial charge in [-0.3, -0.25) is 15.0 Å². The average molecular weight is 552 g/mol. The standard InChI is InChI=1S/C30H41N5O5/c1-8-40-24-15-19-16-35(28(31)25(19)33-26(24)29(37)32-5)17-23(36)18-13-21(30(2,3)4)27(39-7)22(14-18)34-11-9-20(38-6)10-12-34/h13-15,20,31H,8-12,16-17H2,1-7H3,(H,32,37). The number of amidine groups is 1. The third-order valence-corrected chi connectivity index (χ3v) is 7.56. The lowest BCUT2D eigenvalue weighted by atomic mass is 9.84. The Kier molecular flexibility index (Phi) is 8.68. The lowest BCUT2D eigenvalue weighted by Crippen LogP contribution is -2.37. The lowest BCUT2D eigenvalue weighted by Gasteiger charge is -2.35. The molecule has 2 aliphatic heterocycles. The molecule has 2 aromatic rings. The number of methoxy groups -OCH3 is 2. The van der Waals surface area contributed by atoms with Gasteiger partial charge in [0.25, 0.3) is 5.91 Å². The van der Waals surface area contributed by atoms with Gasteiger partial charge in [-0.25, -0.2) is 4.98 Å². The number of fused-ring (bicyclic) bond motifs is 1. The van der Waals surface area contributed by atoms with E-state index in [1.54, 1.807) is 25.2 Å². The van der Waals surface area contributed by atoms with Crippen molar-refractivity contribution in [3.05, 3.63) is 46.3 Å². The summed E-state index contributed by atoms with van der Waals surface area (Å²) >= 11 is 0. The molecule has 10 nitrogen and oxygen atoms in total. The molecular formula is C30H41N5O5. The highest BCUT2D eigenvalue weighted by Gasteiger charge is 2.32. The van der Waals surface area contributed by atoms with Gasteiger partial charge in [0.2, 0.25) is 0 Å². The highest BCUT2D eigenvalue weighted by atomic mass is 16.5. The van der Waals surface area contributed by atoms with Gasteiger partial charge >= 0.3 is 0 Å². The third-order valence-electron chi connectivity index (χ3n) is 7.56. The van der Waals surface area contributed by atoms with Crippen molar-refractivity contribution in [1.82, 2.24) is 15.2 Å². The first-order chi connectivity index (χ1) is 19.0. The van der Waals surface area contributed by atoms with Gasteiger partial charge in [-0.2, -0.15) is 0 Å². The number of hydrogen-bond donors (Lipinski definition) is 2. The molecule has 0 saturated carbocycles. The van der Waals surface area contributed by atoms with Crippen LogP contribution in [0.5, 0.6) is 11.5 Å². The highest BCUT2D eigenvalue weighted by molar-refractivity contribution is 6.06. The smallest absolute Gasteiger partial charge is 0.273 e. The first-order valence-electron chi connectivity index (χ1n) is 13.8. The molecule has 0 atom stereocenters. The number of ketones is 1. The van der Waals surface area contributed by atoms with E-state index in [-0.39, 0.29) is 41.3 Å². The molecule has 40 heavy (non-hydrogen) atoms. The Labute approximate surface area is 236 Å². The highest BCUT2D eigenvalue weighted by Crippen LogP contribution is 2.41. The first kappa shape index (κ1) is 29.3. The zero-order valence-corrected chi connectivity index (χ0v) is 24.6. The summed E-state index contributed by atoms with van der Waals surface area (Å²) < 4.78 is 17.1. The summed E-state index contributed by atoms with van der Waals surface area (Å²) in [7, 11) is 4.95. The molecule has 4 rings (SSSR count). The number of hydrogen-bond acceptors (Lipinski definition) is 8. The number of Topliss-reactive ketones (excluding diaryl/α,β-unsaturated/α-hetero) is 1. The zero-order valence-electron chi connectivity index (χ0n) is 24.6. The number of carbonyl (C=O) groups is 2. The lowest BCUT2D eigenvalue weighted by molar-refractivity contribution is 0.0818. The van der Waals surface area contributed by atoms with Gasteiger partial charge in [-0.15, -0.1) is 0 Å². The summed E-state index contributed by atoms with van der Waals surface area (Å²) in [6, 6.07) is 5.60. The largest absolute Gasteiger partial charge is 0.494 e. The molecule has 0 bridgehead atoms. The van der Waals surface area contributed by atoms with Crippen molar-refractivity contribution in [3.8, 4) is 11.5 Å². The van der Waals surface area contributed by atoms with E-state index in [9.17, 15) is 9.59 Å². The summed E-state index contributed by atoms with van der Waals surface area (Å²) in [6.07, 6.45) is 2.04. The molecule has 1 saturated heterocycles. The van der Waals surface area contributed by atoms with Crippen molar-refractivity contribution < 1.29 is 23.8 Å². The molecule has 0 unspecified atom stereocenters. The van der Waals surface area contributed by atoms with Gasteiger partial charge in [0.15, 0.2) is 17.2 Å². The van der Waals surface area contributed by atoms with Crippen LogP contribution in [-0.4, -0.2) is 81.0 Å². The summed E-state index contributed by atoms with van der Waals surface area (Å²) in [5.41, 5.74) is 3.46. The Morgan fingerprint density at radius 1 is 1.15 bits per heavy atom. The van der Waals surface area contributed by atoms with Gasteiger partial charge in [0.1, 0.15) is 17.3 Å². The molecule has 2 N–H and O–H groups in total. The second-order valence-corrected chi connectivity index (χ2v) is 11.2. The maximum atomic E-state index is 13.8. The normalized spacial score (nSPS) is 15.7. The first-order valence-corrected chi connectivity index (χ1v) is 13.8. The fourth-order valence-electron chi connectivity index (χ4n) is 5.35. The van der Waals surface area contributed by atoms with E-state index in [0.717, 1.165) is 48.5 Å². The molecule has 216 valence electrons.